The van der Waals surface area contributed by atoms with Crippen molar-refractivity contribution in [3.8, 4) is 11.5 Å². The lowest BCUT2D eigenvalue weighted by Crippen LogP contribution is -2.36. The van der Waals surface area contributed by atoms with E-state index < -0.39 is 6.10 Å². The van der Waals surface area contributed by atoms with E-state index in [1.807, 2.05) is 6.07 Å². The minimum Gasteiger partial charge on any atom is -0.491 e. The maximum atomic E-state index is 11.7. The predicted octanol–water partition coefficient (Wildman–Crippen LogP) is 1.15. The molecular weight excluding hydrogens is 244 g/mol. The van der Waals surface area contributed by atoms with Crippen molar-refractivity contribution >= 4 is 5.91 Å². The molecule has 5 nitrogen and oxygen atoms in total. The first-order valence-electron chi connectivity index (χ1n) is 6.19. The molecule has 1 amide bonds. The van der Waals surface area contributed by atoms with Crippen molar-refractivity contribution in [1.82, 2.24) is 5.32 Å². The quantitative estimate of drug-likeness (QED) is 0.781. The van der Waals surface area contributed by atoms with Gasteiger partial charge in [0.2, 0.25) is 0 Å². The number of rotatable bonds is 5. The molecule has 0 fully saturated rings. The zero-order valence-corrected chi connectivity index (χ0v) is 10.9. The van der Waals surface area contributed by atoms with Crippen LogP contribution in [-0.4, -0.2) is 25.2 Å². The predicted molar refractivity (Wildman–Crippen MR) is 72.2 cm³/mol. The minimum atomic E-state index is -0.576. The van der Waals surface area contributed by atoms with E-state index in [4.69, 9.17) is 15.2 Å². The van der Waals surface area contributed by atoms with E-state index in [9.17, 15) is 4.79 Å². The molecule has 19 heavy (non-hydrogen) atoms. The van der Waals surface area contributed by atoms with Crippen LogP contribution in [0, 0.1) is 0 Å². The van der Waals surface area contributed by atoms with Crippen molar-refractivity contribution in [2.45, 2.75) is 19.1 Å². The third kappa shape index (κ3) is 3.06. The molecule has 2 unspecified atom stereocenters. The number of ether oxygens (including phenoxy) is 2. The molecule has 5 heteroatoms. The molecule has 0 radical (unpaired) electrons. The van der Waals surface area contributed by atoms with Crippen LogP contribution in [0.15, 0.2) is 30.9 Å². The van der Waals surface area contributed by atoms with Crippen LogP contribution in [0.1, 0.15) is 18.5 Å². The lowest BCUT2D eigenvalue weighted by Gasteiger charge is -2.14. The topological polar surface area (TPSA) is 73.6 Å². The highest BCUT2D eigenvalue weighted by atomic mass is 16.5. The second-order valence-electron chi connectivity index (χ2n) is 4.41. The third-order valence-corrected chi connectivity index (χ3v) is 2.91. The molecule has 3 N–H and O–H groups in total. The number of nitrogens with two attached hydrogens (primary N) is 1. The molecule has 1 aromatic carbocycles. The Morgan fingerprint density at radius 2 is 2.53 bits per heavy atom. The molecule has 1 aromatic rings. The number of carbonyl (C=O) groups excluding carboxylic acids is 1. The first kappa shape index (κ1) is 13.4. The van der Waals surface area contributed by atoms with Crippen molar-refractivity contribution in [3.05, 3.63) is 36.4 Å². The van der Waals surface area contributed by atoms with E-state index >= 15 is 0 Å². The number of amides is 1. The van der Waals surface area contributed by atoms with Gasteiger partial charge in [-0.25, -0.2) is 0 Å². The standard InChI is InChI=1S/C14H18N2O3/c1-3-6-16-14(17)9(2)19-10-4-5-11-12(15)8-18-13(11)7-10/h3-5,7,9,12H,1,6,8,15H2,2H3,(H,16,17). The van der Waals surface area contributed by atoms with Gasteiger partial charge < -0.3 is 20.5 Å². The zero-order valence-electron chi connectivity index (χ0n) is 10.9. The van der Waals surface area contributed by atoms with Crippen LogP contribution in [0.25, 0.3) is 0 Å². The number of fused-ring (bicyclic) bond motifs is 1. The van der Waals surface area contributed by atoms with E-state index in [2.05, 4.69) is 11.9 Å². The van der Waals surface area contributed by atoms with Crippen molar-refractivity contribution in [2.75, 3.05) is 13.2 Å². The molecule has 0 saturated carbocycles. The van der Waals surface area contributed by atoms with E-state index in [-0.39, 0.29) is 11.9 Å². The maximum Gasteiger partial charge on any atom is 0.261 e. The highest BCUT2D eigenvalue weighted by Crippen LogP contribution is 2.34. The van der Waals surface area contributed by atoms with Crippen molar-refractivity contribution in [3.63, 3.8) is 0 Å². The third-order valence-electron chi connectivity index (χ3n) is 2.91. The Morgan fingerprint density at radius 1 is 1.74 bits per heavy atom. The van der Waals surface area contributed by atoms with Crippen LogP contribution < -0.4 is 20.5 Å². The average molecular weight is 262 g/mol. The van der Waals surface area contributed by atoms with Gasteiger partial charge >= 0.3 is 0 Å². The van der Waals surface area contributed by atoms with Gasteiger partial charge in [0, 0.05) is 18.2 Å². The molecule has 0 spiro atoms. The molecule has 2 atom stereocenters. The van der Waals surface area contributed by atoms with Crippen LogP contribution in [0.3, 0.4) is 0 Å². The molecule has 0 saturated heterocycles. The summed E-state index contributed by atoms with van der Waals surface area (Å²) in [6.45, 7) is 6.14. The lowest BCUT2D eigenvalue weighted by molar-refractivity contribution is -0.127. The Hall–Kier alpha value is -2.01. The Labute approximate surface area is 112 Å². The molecular formula is C14H18N2O3. The van der Waals surface area contributed by atoms with Gasteiger partial charge in [-0.1, -0.05) is 6.08 Å². The summed E-state index contributed by atoms with van der Waals surface area (Å²) in [6.07, 6.45) is 1.04. The fraction of sp³-hybridized carbons (Fsp3) is 0.357. The summed E-state index contributed by atoms with van der Waals surface area (Å²) in [4.78, 5) is 11.7. The van der Waals surface area contributed by atoms with E-state index in [0.29, 0.717) is 18.9 Å². The van der Waals surface area contributed by atoms with Crippen LogP contribution in [0.4, 0.5) is 0 Å². The van der Waals surface area contributed by atoms with E-state index in [1.165, 1.54) is 0 Å². The summed E-state index contributed by atoms with van der Waals surface area (Å²) < 4.78 is 11.0. The highest BCUT2D eigenvalue weighted by molar-refractivity contribution is 5.80. The number of benzene rings is 1. The number of hydrogen-bond donors (Lipinski definition) is 2. The monoisotopic (exact) mass is 262 g/mol. The van der Waals surface area contributed by atoms with Crippen LogP contribution in [-0.2, 0) is 4.79 Å². The second kappa shape index (κ2) is 5.75. The highest BCUT2D eigenvalue weighted by Gasteiger charge is 2.22. The van der Waals surface area contributed by atoms with E-state index in [1.54, 1.807) is 25.1 Å². The van der Waals surface area contributed by atoms with E-state index in [0.717, 1.165) is 11.3 Å². The van der Waals surface area contributed by atoms with Gasteiger partial charge in [0.1, 0.15) is 18.1 Å². The van der Waals surface area contributed by atoms with Gasteiger partial charge in [0.15, 0.2) is 6.10 Å². The van der Waals surface area contributed by atoms with Crippen LogP contribution >= 0.6 is 0 Å². The normalized spacial score (nSPS) is 18.1. The van der Waals surface area contributed by atoms with Gasteiger partial charge in [-0.3, -0.25) is 4.79 Å². The maximum absolute atomic E-state index is 11.7. The number of nitrogens with one attached hydrogen (secondary N) is 1. The first-order chi connectivity index (χ1) is 9.11. The Bertz CT molecular complexity index is 488. The molecule has 1 heterocycles. The van der Waals surface area contributed by atoms with Gasteiger partial charge in [0.05, 0.1) is 6.04 Å². The first-order valence-corrected chi connectivity index (χ1v) is 6.19. The fourth-order valence-electron chi connectivity index (χ4n) is 1.86. The Kier molecular flexibility index (Phi) is 4.06. The van der Waals surface area contributed by atoms with Crippen molar-refractivity contribution in [2.24, 2.45) is 5.73 Å². The van der Waals surface area contributed by atoms with Crippen molar-refractivity contribution < 1.29 is 14.3 Å². The molecule has 2 rings (SSSR count). The van der Waals surface area contributed by atoms with Crippen molar-refractivity contribution in [1.29, 1.82) is 0 Å². The smallest absolute Gasteiger partial charge is 0.261 e. The zero-order chi connectivity index (χ0) is 13.8. The van der Waals surface area contributed by atoms with Gasteiger partial charge in [-0.15, -0.1) is 6.58 Å². The average Bonchev–Trinajstić information content (AvgIpc) is 2.77. The summed E-state index contributed by atoms with van der Waals surface area (Å²) in [5.74, 6) is 1.14. The lowest BCUT2D eigenvalue weighted by atomic mass is 10.1. The fourth-order valence-corrected chi connectivity index (χ4v) is 1.86. The second-order valence-corrected chi connectivity index (χ2v) is 4.41. The molecule has 1 aliphatic heterocycles. The van der Waals surface area contributed by atoms with Gasteiger partial charge in [0.25, 0.3) is 5.91 Å². The largest absolute Gasteiger partial charge is 0.491 e. The molecule has 0 aromatic heterocycles. The molecule has 0 bridgehead atoms. The summed E-state index contributed by atoms with van der Waals surface area (Å²) in [7, 11) is 0. The van der Waals surface area contributed by atoms with Gasteiger partial charge in [-0.2, -0.15) is 0 Å². The SMILES string of the molecule is C=CCNC(=O)C(C)Oc1ccc2c(c1)OCC2N. The summed E-state index contributed by atoms with van der Waals surface area (Å²) >= 11 is 0. The summed E-state index contributed by atoms with van der Waals surface area (Å²) in [6, 6.07) is 5.35. The number of carbonyl (C=O) groups is 1. The summed E-state index contributed by atoms with van der Waals surface area (Å²) in [5, 5.41) is 2.68. The Balaban J connectivity index is 2.00. The molecule has 0 aliphatic carbocycles. The summed E-state index contributed by atoms with van der Waals surface area (Å²) in [5.41, 5.74) is 6.83. The number of hydrogen-bond acceptors (Lipinski definition) is 4. The van der Waals surface area contributed by atoms with Crippen LogP contribution in [0.5, 0.6) is 11.5 Å². The van der Waals surface area contributed by atoms with Crippen LogP contribution in [0.2, 0.25) is 0 Å². The molecule has 1 aliphatic rings. The van der Waals surface area contributed by atoms with Gasteiger partial charge in [-0.05, 0) is 19.1 Å². The molecule has 102 valence electrons. The minimum absolute atomic E-state index is 0.0858. The Morgan fingerprint density at radius 3 is 3.26 bits per heavy atom.